The molecule has 0 amide bonds. The Kier molecular flexibility index (Phi) is 7.71. The summed E-state index contributed by atoms with van der Waals surface area (Å²) in [6, 6.07) is 7.10. The number of alkyl halides is 2. The van der Waals surface area contributed by atoms with Crippen LogP contribution < -0.4 is 14.8 Å². The molecular weight excluding hydrogens is 475 g/mol. The van der Waals surface area contributed by atoms with Crippen molar-refractivity contribution in [1.82, 2.24) is 9.97 Å². The normalized spacial score (nSPS) is 12.6. The fourth-order valence-electron chi connectivity index (χ4n) is 3.44. The third-order valence-corrected chi connectivity index (χ3v) is 5.85. The van der Waals surface area contributed by atoms with E-state index in [0.29, 0.717) is 34.0 Å². The van der Waals surface area contributed by atoms with Crippen molar-refractivity contribution in [3.8, 4) is 11.5 Å². The first-order valence-corrected chi connectivity index (χ1v) is 11.4. The highest BCUT2D eigenvalue weighted by molar-refractivity contribution is 5.91. The highest BCUT2D eigenvalue weighted by Gasteiger charge is 2.49. The van der Waals surface area contributed by atoms with Crippen LogP contribution in [0.4, 0.5) is 19.0 Å². The average molecular weight is 508 g/mol. The maximum atomic E-state index is 15.1. The Bertz CT molecular complexity index is 1240. The largest absolute Gasteiger partial charge is 0.493 e. The van der Waals surface area contributed by atoms with E-state index in [2.05, 4.69) is 15.3 Å². The molecule has 1 aromatic heterocycles. The van der Waals surface area contributed by atoms with E-state index in [4.69, 9.17) is 14.2 Å². The number of benzene rings is 2. The summed E-state index contributed by atoms with van der Waals surface area (Å²) in [5, 5.41) is 13.5. The lowest BCUT2D eigenvalue weighted by molar-refractivity contribution is -0.170. The number of aryl methyl sites for hydroxylation is 1. The summed E-state index contributed by atoms with van der Waals surface area (Å²) in [7, 11) is 3.10. The van der Waals surface area contributed by atoms with E-state index in [1.54, 1.807) is 26.2 Å². The molecular formula is C26H32F3N3O4. The molecule has 0 aliphatic heterocycles. The highest BCUT2D eigenvalue weighted by Crippen LogP contribution is 2.40. The second kappa shape index (κ2) is 10.1. The van der Waals surface area contributed by atoms with E-state index in [1.165, 1.54) is 19.2 Å². The molecule has 196 valence electrons. The van der Waals surface area contributed by atoms with Gasteiger partial charge in [-0.25, -0.2) is 14.4 Å². The molecule has 0 radical (unpaired) electrons. The Labute approximate surface area is 208 Å². The van der Waals surface area contributed by atoms with Crippen molar-refractivity contribution in [2.75, 3.05) is 26.1 Å². The van der Waals surface area contributed by atoms with Crippen molar-refractivity contribution in [3.05, 3.63) is 53.1 Å². The minimum Gasteiger partial charge on any atom is -0.493 e. The number of aliphatic hydroxyl groups is 1. The molecule has 7 nitrogen and oxygen atoms in total. The van der Waals surface area contributed by atoms with Crippen LogP contribution in [0.3, 0.4) is 0 Å². The lowest BCUT2D eigenvalue weighted by atomic mass is 9.92. The summed E-state index contributed by atoms with van der Waals surface area (Å²) in [6.07, 6.45) is 0. The maximum absolute atomic E-state index is 15.1. The monoisotopic (exact) mass is 507 g/mol. The Morgan fingerprint density at radius 3 is 2.33 bits per heavy atom. The van der Waals surface area contributed by atoms with Crippen molar-refractivity contribution < 1.29 is 32.5 Å². The number of hydrogen-bond donors (Lipinski definition) is 2. The minimum atomic E-state index is -3.79. The number of ether oxygens (including phenoxy) is 3. The highest BCUT2D eigenvalue weighted by atomic mass is 19.3. The molecule has 0 atom stereocenters. The van der Waals surface area contributed by atoms with Gasteiger partial charge in [0.2, 0.25) is 0 Å². The van der Waals surface area contributed by atoms with Crippen molar-refractivity contribution >= 4 is 16.7 Å². The summed E-state index contributed by atoms with van der Waals surface area (Å²) in [6.45, 7) is 7.45. The van der Waals surface area contributed by atoms with Crippen LogP contribution >= 0.6 is 0 Å². The third-order valence-electron chi connectivity index (χ3n) is 5.85. The second-order valence-corrected chi connectivity index (χ2v) is 9.66. The SMILES string of the molecule is COc1cc2nc(C)nc(NCc3cccc(C(F)(F)C(C)(C)O)c3F)c2cc1OCC(C)(C)OC. The van der Waals surface area contributed by atoms with E-state index in [1.807, 2.05) is 13.8 Å². The van der Waals surface area contributed by atoms with E-state index in [-0.39, 0.29) is 18.7 Å². The average Bonchev–Trinajstić information content (AvgIpc) is 2.80. The van der Waals surface area contributed by atoms with Gasteiger partial charge in [-0.05, 0) is 46.8 Å². The lowest BCUT2D eigenvalue weighted by Gasteiger charge is -2.30. The minimum absolute atomic E-state index is 0.00679. The Balaban J connectivity index is 1.98. The van der Waals surface area contributed by atoms with Crippen LogP contribution in [0, 0.1) is 12.7 Å². The van der Waals surface area contributed by atoms with Gasteiger partial charge < -0.3 is 24.6 Å². The number of nitrogens with one attached hydrogen (secondary N) is 1. The number of fused-ring (bicyclic) bond motifs is 1. The Morgan fingerprint density at radius 2 is 1.72 bits per heavy atom. The Morgan fingerprint density at radius 1 is 1.03 bits per heavy atom. The molecule has 0 saturated carbocycles. The first kappa shape index (κ1) is 27.5. The molecule has 0 aliphatic rings. The molecule has 36 heavy (non-hydrogen) atoms. The van der Waals surface area contributed by atoms with E-state index in [9.17, 15) is 13.9 Å². The topological polar surface area (TPSA) is 85.7 Å². The number of methoxy groups -OCH3 is 2. The standard InChI is InChI=1S/C26H32F3N3O4/c1-15-31-19-12-20(34-6)21(36-14-24(2,3)35-7)11-17(19)23(32-15)30-13-16-9-8-10-18(22(16)27)26(28,29)25(4,5)33/h8-12,33H,13-14H2,1-7H3,(H,30,31,32). The number of hydrogen-bond acceptors (Lipinski definition) is 7. The third kappa shape index (κ3) is 5.65. The van der Waals surface area contributed by atoms with Gasteiger partial charge in [0.15, 0.2) is 11.5 Å². The zero-order valence-electron chi connectivity index (χ0n) is 21.5. The summed E-state index contributed by atoms with van der Waals surface area (Å²) in [5.41, 5.74) is -3.31. The van der Waals surface area contributed by atoms with Crippen LogP contribution in [-0.2, 0) is 17.2 Å². The molecule has 0 bridgehead atoms. The number of anilines is 1. The van der Waals surface area contributed by atoms with Gasteiger partial charge in [0.25, 0.3) is 0 Å². The molecule has 0 spiro atoms. The molecule has 0 unspecified atom stereocenters. The molecule has 0 saturated heterocycles. The maximum Gasteiger partial charge on any atom is 0.303 e. The lowest BCUT2D eigenvalue weighted by Crippen LogP contribution is -2.41. The summed E-state index contributed by atoms with van der Waals surface area (Å²) < 4.78 is 61.2. The zero-order valence-corrected chi connectivity index (χ0v) is 21.5. The molecule has 0 fully saturated rings. The van der Waals surface area contributed by atoms with Crippen molar-refractivity contribution in [3.63, 3.8) is 0 Å². The van der Waals surface area contributed by atoms with Crippen LogP contribution in [0.5, 0.6) is 11.5 Å². The summed E-state index contributed by atoms with van der Waals surface area (Å²) >= 11 is 0. The molecule has 3 rings (SSSR count). The van der Waals surface area contributed by atoms with Crippen LogP contribution in [0.15, 0.2) is 30.3 Å². The fraction of sp³-hybridized carbons (Fsp3) is 0.462. The zero-order chi connectivity index (χ0) is 26.9. The quantitative estimate of drug-likeness (QED) is 0.382. The predicted octanol–water partition coefficient (Wildman–Crippen LogP) is 5.36. The van der Waals surface area contributed by atoms with Gasteiger partial charge in [-0.15, -0.1) is 0 Å². The molecule has 1 heterocycles. The number of halogens is 3. The van der Waals surface area contributed by atoms with Gasteiger partial charge in [-0.3, -0.25) is 0 Å². The van der Waals surface area contributed by atoms with Crippen LogP contribution in [-0.4, -0.2) is 47.1 Å². The molecule has 2 aromatic carbocycles. The fourth-order valence-corrected chi connectivity index (χ4v) is 3.44. The first-order valence-electron chi connectivity index (χ1n) is 11.4. The van der Waals surface area contributed by atoms with Crippen molar-refractivity contribution in [2.24, 2.45) is 0 Å². The van der Waals surface area contributed by atoms with Crippen molar-refractivity contribution in [2.45, 2.75) is 58.3 Å². The second-order valence-electron chi connectivity index (χ2n) is 9.66. The predicted molar refractivity (Wildman–Crippen MR) is 131 cm³/mol. The molecule has 2 N–H and O–H groups in total. The van der Waals surface area contributed by atoms with E-state index < -0.39 is 28.5 Å². The number of rotatable bonds is 10. The molecule has 10 heteroatoms. The van der Waals surface area contributed by atoms with Gasteiger partial charge in [0, 0.05) is 30.7 Å². The molecule has 0 aliphatic carbocycles. The molecule has 3 aromatic rings. The van der Waals surface area contributed by atoms with Gasteiger partial charge >= 0.3 is 5.92 Å². The first-order chi connectivity index (χ1) is 16.7. The van der Waals surface area contributed by atoms with Gasteiger partial charge in [0.05, 0.1) is 23.8 Å². The van der Waals surface area contributed by atoms with Crippen LogP contribution in [0.1, 0.15) is 44.6 Å². The summed E-state index contributed by atoms with van der Waals surface area (Å²) in [5.74, 6) is -3.17. The smallest absolute Gasteiger partial charge is 0.303 e. The van der Waals surface area contributed by atoms with E-state index >= 15 is 4.39 Å². The number of nitrogens with zero attached hydrogens (tertiary/aromatic N) is 2. The van der Waals surface area contributed by atoms with E-state index in [0.717, 1.165) is 19.9 Å². The number of aromatic nitrogens is 2. The Hall–Kier alpha value is -3.11. The van der Waals surface area contributed by atoms with Gasteiger partial charge in [-0.2, -0.15) is 8.78 Å². The van der Waals surface area contributed by atoms with Gasteiger partial charge in [-0.1, -0.05) is 12.1 Å². The summed E-state index contributed by atoms with van der Waals surface area (Å²) in [4.78, 5) is 8.87. The van der Waals surface area contributed by atoms with Crippen LogP contribution in [0.2, 0.25) is 0 Å². The van der Waals surface area contributed by atoms with Crippen LogP contribution in [0.25, 0.3) is 10.9 Å². The van der Waals surface area contributed by atoms with Gasteiger partial charge in [0.1, 0.15) is 29.7 Å². The van der Waals surface area contributed by atoms with Crippen molar-refractivity contribution in [1.29, 1.82) is 0 Å².